The number of unbranched alkanes of at least 4 members (excludes halogenated alkanes) is 5. The molecule has 0 aliphatic rings. The maximum atomic E-state index is 5.54. The largest absolute Gasteiger partial charge is 0.415 e. The van der Waals surface area contributed by atoms with Gasteiger partial charge in [-0.1, -0.05) is 52.4 Å². The van der Waals surface area contributed by atoms with Crippen LogP contribution in [-0.2, 0) is 13.9 Å². The second-order valence-corrected chi connectivity index (χ2v) is 5.81. The lowest BCUT2D eigenvalue weighted by Crippen LogP contribution is -2.11. The molecule has 3 nitrogen and oxygen atoms in total. The molecule has 0 spiro atoms. The molecular formula is C15H32O3Si. The molecular weight excluding hydrogens is 256 g/mol. The van der Waals surface area contributed by atoms with Gasteiger partial charge in [0.25, 0.3) is 0 Å². The van der Waals surface area contributed by atoms with E-state index >= 15 is 0 Å². The minimum atomic E-state index is 0.644. The van der Waals surface area contributed by atoms with Gasteiger partial charge < -0.3 is 13.9 Å². The Balaban J connectivity index is 2.88. The summed E-state index contributed by atoms with van der Waals surface area (Å²) in [5.41, 5.74) is 0. The first-order valence-electron chi connectivity index (χ1n) is 7.92. The minimum absolute atomic E-state index is 0.644. The van der Waals surface area contributed by atoms with Gasteiger partial charge in [-0.3, -0.25) is 0 Å². The van der Waals surface area contributed by atoms with Gasteiger partial charge >= 0.3 is 0 Å². The molecule has 0 aliphatic heterocycles. The van der Waals surface area contributed by atoms with Crippen molar-refractivity contribution in [3.63, 3.8) is 0 Å². The van der Waals surface area contributed by atoms with E-state index in [4.69, 9.17) is 13.9 Å². The van der Waals surface area contributed by atoms with Crippen molar-refractivity contribution in [1.29, 1.82) is 0 Å². The second kappa shape index (κ2) is 18.1. The summed E-state index contributed by atoms with van der Waals surface area (Å²) in [6.07, 6.45) is 8.98. The summed E-state index contributed by atoms with van der Waals surface area (Å²) >= 11 is 0. The van der Waals surface area contributed by atoms with Crippen molar-refractivity contribution in [2.75, 3.05) is 33.0 Å². The van der Waals surface area contributed by atoms with Gasteiger partial charge in [0, 0.05) is 6.61 Å². The van der Waals surface area contributed by atoms with E-state index in [2.05, 4.69) is 13.8 Å². The van der Waals surface area contributed by atoms with E-state index in [1.54, 1.807) is 0 Å². The zero-order chi connectivity index (χ0) is 14.0. The highest BCUT2D eigenvalue weighted by Gasteiger charge is 1.94. The first-order chi connectivity index (χ1) is 9.41. The van der Waals surface area contributed by atoms with E-state index in [1.165, 1.54) is 51.0 Å². The van der Waals surface area contributed by atoms with Crippen LogP contribution in [0.4, 0.5) is 0 Å². The third-order valence-electron chi connectivity index (χ3n) is 2.83. The fourth-order valence-corrected chi connectivity index (χ4v) is 2.41. The van der Waals surface area contributed by atoms with Crippen LogP contribution in [0.15, 0.2) is 0 Å². The maximum absolute atomic E-state index is 5.54. The van der Waals surface area contributed by atoms with Crippen LogP contribution in [0, 0.1) is 0 Å². The van der Waals surface area contributed by atoms with Crippen molar-refractivity contribution in [3.8, 4) is 0 Å². The highest BCUT2D eigenvalue weighted by atomic mass is 28.2. The van der Waals surface area contributed by atoms with E-state index in [-0.39, 0.29) is 0 Å². The normalized spacial score (nSPS) is 11.1. The van der Waals surface area contributed by atoms with Gasteiger partial charge in [0.2, 0.25) is 9.76 Å². The molecule has 0 unspecified atom stereocenters. The molecule has 0 saturated heterocycles. The average molecular weight is 289 g/mol. The van der Waals surface area contributed by atoms with Crippen molar-refractivity contribution >= 4 is 9.76 Å². The van der Waals surface area contributed by atoms with E-state index in [9.17, 15) is 0 Å². The summed E-state index contributed by atoms with van der Waals surface area (Å²) in [6, 6.07) is 1.21. The van der Waals surface area contributed by atoms with E-state index in [1.807, 2.05) is 0 Å². The number of rotatable bonds is 16. The highest BCUT2D eigenvalue weighted by molar-refractivity contribution is 6.26. The smallest absolute Gasteiger partial charge is 0.229 e. The van der Waals surface area contributed by atoms with Gasteiger partial charge in [-0.2, -0.15) is 0 Å². The molecule has 2 radical (unpaired) electrons. The van der Waals surface area contributed by atoms with Crippen LogP contribution in [0.2, 0.25) is 6.04 Å². The third-order valence-corrected chi connectivity index (χ3v) is 3.79. The number of hydrogen-bond acceptors (Lipinski definition) is 3. The molecule has 114 valence electrons. The molecule has 0 aromatic carbocycles. The Morgan fingerprint density at radius 3 is 2.00 bits per heavy atom. The van der Waals surface area contributed by atoms with Crippen LogP contribution in [0.1, 0.15) is 58.8 Å². The Labute approximate surface area is 122 Å². The van der Waals surface area contributed by atoms with Crippen molar-refractivity contribution in [2.24, 2.45) is 0 Å². The number of ether oxygens (including phenoxy) is 2. The number of hydrogen-bond donors (Lipinski definition) is 0. The van der Waals surface area contributed by atoms with E-state index in [0.29, 0.717) is 29.6 Å². The van der Waals surface area contributed by atoms with Crippen LogP contribution in [-0.4, -0.2) is 42.8 Å². The molecule has 0 aromatic heterocycles. The van der Waals surface area contributed by atoms with Crippen molar-refractivity contribution in [3.05, 3.63) is 0 Å². The molecule has 0 N–H and O–H groups in total. The second-order valence-electron chi connectivity index (χ2n) is 4.74. The van der Waals surface area contributed by atoms with Crippen molar-refractivity contribution in [1.82, 2.24) is 0 Å². The third kappa shape index (κ3) is 18.1. The fourth-order valence-electron chi connectivity index (χ4n) is 1.64. The van der Waals surface area contributed by atoms with Gasteiger partial charge in [-0.05, 0) is 12.5 Å². The molecule has 19 heavy (non-hydrogen) atoms. The van der Waals surface area contributed by atoms with Gasteiger partial charge in [0.05, 0.1) is 26.4 Å². The summed E-state index contributed by atoms with van der Waals surface area (Å²) < 4.78 is 16.4. The Hall–Kier alpha value is 0.0969. The zero-order valence-corrected chi connectivity index (χ0v) is 13.9. The van der Waals surface area contributed by atoms with E-state index < -0.39 is 0 Å². The van der Waals surface area contributed by atoms with Crippen molar-refractivity contribution < 1.29 is 13.9 Å². The highest BCUT2D eigenvalue weighted by Crippen LogP contribution is 2.02. The molecule has 0 aliphatic carbocycles. The Morgan fingerprint density at radius 1 is 0.632 bits per heavy atom. The predicted molar refractivity (Wildman–Crippen MR) is 81.8 cm³/mol. The van der Waals surface area contributed by atoms with Crippen LogP contribution < -0.4 is 0 Å². The summed E-state index contributed by atoms with van der Waals surface area (Å²) in [5.74, 6) is 0. The lowest BCUT2D eigenvalue weighted by molar-refractivity contribution is 0.0356. The summed E-state index contributed by atoms with van der Waals surface area (Å²) in [7, 11) is 0.644. The lowest BCUT2D eigenvalue weighted by Gasteiger charge is -2.06. The molecule has 0 amide bonds. The standard InChI is InChI=1S/C15H32O3Si/c1-3-5-7-9-15-19-18-14-13-17-12-11-16-10-8-6-4-2/h3-15H2,1-2H3. The van der Waals surface area contributed by atoms with Gasteiger partial charge in [-0.15, -0.1) is 0 Å². The monoisotopic (exact) mass is 288 g/mol. The first kappa shape index (κ1) is 19.1. The molecule has 4 heteroatoms. The zero-order valence-electron chi connectivity index (χ0n) is 12.9. The van der Waals surface area contributed by atoms with E-state index in [0.717, 1.165) is 13.2 Å². The summed E-state index contributed by atoms with van der Waals surface area (Å²) in [6.45, 7) is 8.13. The predicted octanol–water partition coefficient (Wildman–Crippen LogP) is 3.84. The summed E-state index contributed by atoms with van der Waals surface area (Å²) in [5, 5.41) is 0. The van der Waals surface area contributed by atoms with Crippen LogP contribution in [0.3, 0.4) is 0 Å². The summed E-state index contributed by atoms with van der Waals surface area (Å²) in [4.78, 5) is 0. The van der Waals surface area contributed by atoms with Crippen LogP contribution in [0.5, 0.6) is 0 Å². The fraction of sp³-hybridized carbons (Fsp3) is 1.00. The van der Waals surface area contributed by atoms with Crippen LogP contribution in [0.25, 0.3) is 0 Å². The average Bonchev–Trinajstić information content (AvgIpc) is 2.43. The molecule has 0 rings (SSSR count). The first-order valence-corrected chi connectivity index (χ1v) is 9.03. The molecule has 0 heterocycles. The van der Waals surface area contributed by atoms with Gasteiger partial charge in [0.1, 0.15) is 0 Å². The SMILES string of the molecule is CCCCCC[Si]OCCOCCOCCCCC. The minimum Gasteiger partial charge on any atom is -0.415 e. The maximum Gasteiger partial charge on any atom is 0.229 e. The lowest BCUT2D eigenvalue weighted by atomic mass is 10.2. The van der Waals surface area contributed by atoms with Gasteiger partial charge in [0.15, 0.2) is 0 Å². The van der Waals surface area contributed by atoms with Crippen molar-refractivity contribution in [2.45, 2.75) is 64.8 Å². The Bertz CT molecular complexity index is 140. The molecule has 0 bridgehead atoms. The molecule has 0 saturated carbocycles. The molecule has 0 aromatic rings. The molecule has 0 atom stereocenters. The topological polar surface area (TPSA) is 27.7 Å². The molecule has 0 fully saturated rings. The Kier molecular flexibility index (Phi) is 18.2. The Morgan fingerprint density at radius 2 is 1.26 bits per heavy atom. The quantitative estimate of drug-likeness (QED) is 0.319. The van der Waals surface area contributed by atoms with Crippen LogP contribution >= 0.6 is 0 Å². The van der Waals surface area contributed by atoms with Gasteiger partial charge in [-0.25, -0.2) is 0 Å².